The van der Waals surface area contributed by atoms with Crippen LogP contribution in [0.4, 0.5) is 5.13 Å². The predicted molar refractivity (Wildman–Crippen MR) is 83.1 cm³/mol. The Labute approximate surface area is 126 Å². The molecule has 3 aromatic rings. The molecule has 0 unspecified atom stereocenters. The summed E-state index contributed by atoms with van der Waals surface area (Å²) in [6, 6.07) is 8.01. The van der Waals surface area contributed by atoms with Crippen molar-refractivity contribution < 1.29 is 4.79 Å². The second-order valence-electron chi connectivity index (χ2n) is 4.68. The number of nitrogens with zero attached hydrogens (tertiary/aromatic N) is 3. The first-order valence-electron chi connectivity index (χ1n) is 6.47. The lowest BCUT2D eigenvalue weighted by Gasteiger charge is -2.06. The minimum Gasteiger partial charge on any atom is -0.298 e. The zero-order chi connectivity index (χ0) is 14.8. The number of anilines is 1. The molecule has 0 spiro atoms. The third-order valence-electron chi connectivity index (χ3n) is 3.19. The first kappa shape index (κ1) is 13.5. The summed E-state index contributed by atoms with van der Waals surface area (Å²) in [5.41, 5.74) is 3.47. The van der Waals surface area contributed by atoms with E-state index in [9.17, 15) is 4.79 Å². The first-order valence-corrected chi connectivity index (χ1v) is 7.35. The topological polar surface area (TPSA) is 59.8 Å². The van der Waals surface area contributed by atoms with E-state index >= 15 is 0 Å². The molecule has 5 nitrogen and oxygen atoms in total. The van der Waals surface area contributed by atoms with Crippen LogP contribution in [0.25, 0.3) is 5.69 Å². The zero-order valence-electron chi connectivity index (χ0n) is 11.7. The van der Waals surface area contributed by atoms with Crippen molar-refractivity contribution >= 4 is 22.4 Å². The van der Waals surface area contributed by atoms with Crippen LogP contribution in [0.2, 0.25) is 0 Å². The van der Waals surface area contributed by atoms with Gasteiger partial charge in [-0.1, -0.05) is 17.7 Å². The maximum atomic E-state index is 12.2. The van der Waals surface area contributed by atoms with Crippen LogP contribution in [0.3, 0.4) is 0 Å². The van der Waals surface area contributed by atoms with Gasteiger partial charge < -0.3 is 0 Å². The molecule has 0 aliphatic carbocycles. The zero-order valence-corrected chi connectivity index (χ0v) is 12.5. The molecule has 0 bridgehead atoms. The van der Waals surface area contributed by atoms with E-state index in [1.54, 1.807) is 17.1 Å². The molecule has 0 atom stereocenters. The molecular weight excluding hydrogens is 284 g/mol. The SMILES string of the molecule is Cc1ccc(-n2ncc(C(=O)Nc3nccs3)c2C)cc1. The molecule has 0 radical (unpaired) electrons. The molecule has 106 valence electrons. The highest BCUT2D eigenvalue weighted by Crippen LogP contribution is 2.17. The van der Waals surface area contributed by atoms with Crippen molar-refractivity contribution in [1.82, 2.24) is 14.8 Å². The standard InChI is InChI=1S/C15H14N4OS/c1-10-3-5-12(6-4-10)19-11(2)13(9-17-19)14(20)18-15-16-7-8-21-15/h3-9H,1-2H3,(H,16,18,20). The minimum absolute atomic E-state index is 0.194. The van der Waals surface area contributed by atoms with Crippen LogP contribution in [0.1, 0.15) is 21.6 Å². The van der Waals surface area contributed by atoms with Gasteiger partial charge in [0.25, 0.3) is 5.91 Å². The van der Waals surface area contributed by atoms with E-state index in [1.807, 2.05) is 43.5 Å². The van der Waals surface area contributed by atoms with Crippen LogP contribution in [-0.4, -0.2) is 20.7 Å². The number of rotatable bonds is 3. The Hall–Kier alpha value is -2.47. The Morgan fingerprint density at radius 1 is 1.24 bits per heavy atom. The van der Waals surface area contributed by atoms with Gasteiger partial charge >= 0.3 is 0 Å². The largest absolute Gasteiger partial charge is 0.298 e. The molecule has 2 aromatic heterocycles. The van der Waals surface area contributed by atoms with E-state index in [2.05, 4.69) is 15.4 Å². The van der Waals surface area contributed by atoms with Gasteiger partial charge in [0.1, 0.15) is 0 Å². The summed E-state index contributed by atoms with van der Waals surface area (Å²) in [5, 5.41) is 9.48. The second kappa shape index (κ2) is 5.49. The van der Waals surface area contributed by atoms with E-state index < -0.39 is 0 Å². The van der Waals surface area contributed by atoms with Crippen molar-refractivity contribution in [2.24, 2.45) is 0 Å². The van der Waals surface area contributed by atoms with Gasteiger partial charge in [-0.2, -0.15) is 5.10 Å². The fourth-order valence-electron chi connectivity index (χ4n) is 2.03. The van der Waals surface area contributed by atoms with Crippen LogP contribution >= 0.6 is 11.3 Å². The highest BCUT2D eigenvalue weighted by molar-refractivity contribution is 7.13. The van der Waals surface area contributed by atoms with E-state index in [1.165, 1.54) is 16.9 Å². The van der Waals surface area contributed by atoms with Crippen LogP contribution in [0, 0.1) is 13.8 Å². The molecule has 3 rings (SSSR count). The maximum absolute atomic E-state index is 12.2. The van der Waals surface area contributed by atoms with Crippen LogP contribution in [-0.2, 0) is 0 Å². The molecule has 1 amide bonds. The first-order chi connectivity index (χ1) is 10.1. The smallest absolute Gasteiger partial charge is 0.260 e. The molecule has 0 aliphatic heterocycles. The number of aromatic nitrogens is 3. The van der Waals surface area contributed by atoms with Crippen molar-refractivity contribution in [3.63, 3.8) is 0 Å². The number of thiazole rings is 1. The van der Waals surface area contributed by atoms with Gasteiger partial charge in [-0.3, -0.25) is 10.1 Å². The second-order valence-corrected chi connectivity index (χ2v) is 5.58. The summed E-state index contributed by atoms with van der Waals surface area (Å²) < 4.78 is 1.76. The summed E-state index contributed by atoms with van der Waals surface area (Å²) in [4.78, 5) is 16.3. The van der Waals surface area contributed by atoms with E-state index in [4.69, 9.17) is 0 Å². The summed E-state index contributed by atoms with van der Waals surface area (Å²) in [6.07, 6.45) is 3.24. The van der Waals surface area contributed by atoms with E-state index in [-0.39, 0.29) is 5.91 Å². The van der Waals surface area contributed by atoms with Crippen molar-refractivity contribution in [3.8, 4) is 5.69 Å². The predicted octanol–water partition coefficient (Wildman–Crippen LogP) is 3.20. The van der Waals surface area contributed by atoms with Crippen molar-refractivity contribution in [2.45, 2.75) is 13.8 Å². The van der Waals surface area contributed by atoms with Crippen LogP contribution in [0.15, 0.2) is 42.0 Å². The molecule has 2 heterocycles. The molecule has 6 heteroatoms. The number of carbonyl (C=O) groups is 1. The van der Waals surface area contributed by atoms with Gasteiger partial charge in [0.2, 0.25) is 0 Å². The lowest BCUT2D eigenvalue weighted by molar-refractivity contribution is 0.102. The minimum atomic E-state index is -0.194. The lowest BCUT2D eigenvalue weighted by Crippen LogP contribution is -2.12. The van der Waals surface area contributed by atoms with Gasteiger partial charge in [-0.15, -0.1) is 11.3 Å². The number of hydrogen-bond donors (Lipinski definition) is 1. The molecule has 1 aromatic carbocycles. The molecule has 0 saturated heterocycles. The van der Waals surface area contributed by atoms with Crippen molar-refractivity contribution in [3.05, 3.63) is 58.9 Å². The maximum Gasteiger partial charge on any atom is 0.260 e. The molecular formula is C15H14N4OS. The van der Waals surface area contributed by atoms with Gasteiger partial charge in [0.15, 0.2) is 5.13 Å². The Kier molecular flexibility index (Phi) is 3.53. The van der Waals surface area contributed by atoms with E-state index in [0.717, 1.165) is 11.4 Å². The number of carbonyl (C=O) groups excluding carboxylic acids is 1. The molecule has 0 fully saturated rings. The Morgan fingerprint density at radius 3 is 2.67 bits per heavy atom. The van der Waals surface area contributed by atoms with Crippen molar-refractivity contribution in [1.29, 1.82) is 0 Å². The summed E-state index contributed by atoms with van der Waals surface area (Å²) in [6.45, 7) is 3.91. The Bertz CT molecular complexity index is 760. The number of amides is 1. The van der Waals surface area contributed by atoms with E-state index in [0.29, 0.717) is 10.7 Å². The Morgan fingerprint density at radius 2 is 2.00 bits per heavy atom. The summed E-state index contributed by atoms with van der Waals surface area (Å²) >= 11 is 1.39. The lowest BCUT2D eigenvalue weighted by atomic mass is 10.2. The summed E-state index contributed by atoms with van der Waals surface area (Å²) in [7, 11) is 0. The number of aryl methyl sites for hydroxylation is 1. The molecule has 0 aliphatic rings. The van der Waals surface area contributed by atoms with Gasteiger partial charge in [0, 0.05) is 11.6 Å². The van der Waals surface area contributed by atoms with Crippen LogP contribution in [0.5, 0.6) is 0 Å². The quantitative estimate of drug-likeness (QED) is 0.807. The van der Waals surface area contributed by atoms with Gasteiger partial charge in [-0.05, 0) is 26.0 Å². The van der Waals surface area contributed by atoms with Gasteiger partial charge in [0.05, 0.1) is 23.1 Å². The Balaban J connectivity index is 1.88. The number of nitrogens with one attached hydrogen (secondary N) is 1. The highest BCUT2D eigenvalue weighted by Gasteiger charge is 2.15. The third kappa shape index (κ3) is 2.71. The fourth-order valence-corrected chi connectivity index (χ4v) is 2.55. The normalized spacial score (nSPS) is 10.6. The highest BCUT2D eigenvalue weighted by atomic mass is 32.1. The average Bonchev–Trinajstić information content (AvgIpc) is 3.09. The molecule has 21 heavy (non-hydrogen) atoms. The average molecular weight is 298 g/mol. The third-order valence-corrected chi connectivity index (χ3v) is 3.87. The van der Waals surface area contributed by atoms with Crippen LogP contribution < -0.4 is 5.32 Å². The molecule has 1 N–H and O–H groups in total. The van der Waals surface area contributed by atoms with Crippen molar-refractivity contribution in [2.75, 3.05) is 5.32 Å². The monoisotopic (exact) mass is 298 g/mol. The summed E-state index contributed by atoms with van der Waals surface area (Å²) in [5.74, 6) is -0.194. The fraction of sp³-hybridized carbons (Fsp3) is 0.133. The number of hydrogen-bond acceptors (Lipinski definition) is 4. The van der Waals surface area contributed by atoms with Gasteiger partial charge in [-0.25, -0.2) is 9.67 Å². The number of benzene rings is 1. The molecule has 0 saturated carbocycles.